The van der Waals surface area contributed by atoms with Crippen molar-refractivity contribution in [2.75, 3.05) is 57.9 Å². The minimum Gasteiger partial charge on any atom is -0.378 e. The van der Waals surface area contributed by atoms with Crippen LogP contribution >= 0.6 is 15.9 Å². The number of rotatable bonds is 17. The fourth-order valence-electron chi connectivity index (χ4n) is 1.71. The molecule has 168 valence electrons. The van der Waals surface area contributed by atoms with E-state index in [1.54, 1.807) is 0 Å². The molecule has 0 aromatic rings. The van der Waals surface area contributed by atoms with Gasteiger partial charge in [-0.3, -0.25) is 14.4 Å². The van der Waals surface area contributed by atoms with E-state index in [1.807, 2.05) is 0 Å². The van der Waals surface area contributed by atoms with Crippen molar-refractivity contribution in [2.24, 2.45) is 5.73 Å². The van der Waals surface area contributed by atoms with E-state index in [2.05, 4.69) is 45.0 Å². The van der Waals surface area contributed by atoms with Gasteiger partial charge in [0.15, 0.2) is 0 Å². The summed E-state index contributed by atoms with van der Waals surface area (Å²) >= 11 is 3.06. The van der Waals surface area contributed by atoms with Crippen molar-refractivity contribution in [3.8, 4) is 0 Å². The van der Waals surface area contributed by atoms with Crippen molar-refractivity contribution in [3.63, 3.8) is 0 Å². The molecule has 5 N–H and O–H groups in total. The van der Waals surface area contributed by atoms with Crippen LogP contribution in [-0.2, 0) is 23.9 Å². The third kappa shape index (κ3) is 26.2. The Labute approximate surface area is 182 Å². The van der Waals surface area contributed by atoms with Crippen LogP contribution in [0.25, 0.3) is 0 Å². The molecule has 0 aromatic heterocycles. The Morgan fingerprint density at radius 1 is 0.793 bits per heavy atom. The molecule has 0 radical (unpaired) electrons. The zero-order valence-corrected chi connectivity index (χ0v) is 18.6. The second kappa shape index (κ2) is 24.3. The monoisotopic (exact) mass is 478 g/mol. The molecule has 0 aliphatic heterocycles. The molecule has 9 nitrogen and oxygen atoms in total. The molecule has 0 unspecified atom stereocenters. The van der Waals surface area contributed by atoms with Crippen molar-refractivity contribution in [1.82, 2.24) is 16.0 Å². The summed E-state index contributed by atoms with van der Waals surface area (Å²) in [6.07, 6.45) is 5.33. The van der Waals surface area contributed by atoms with Gasteiger partial charge < -0.3 is 31.2 Å². The quantitative estimate of drug-likeness (QED) is 0.134. The van der Waals surface area contributed by atoms with E-state index >= 15 is 0 Å². The summed E-state index contributed by atoms with van der Waals surface area (Å²) in [5.74, 6) is -0.314. The molecule has 0 aromatic carbocycles. The molecule has 0 atom stereocenters. The number of hydrogen-bond donors (Lipinski definition) is 4. The van der Waals surface area contributed by atoms with Crippen molar-refractivity contribution in [2.45, 2.75) is 19.3 Å². The number of halogens is 1. The van der Waals surface area contributed by atoms with E-state index < -0.39 is 0 Å². The smallest absolute Gasteiger partial charge is 0.243 e. The third-order valence-corrected chi connectivity index (χ3v) is 3.66. The molecular weight excluding hydrogens is 444 g/mol. The van der Waals surface area contributed by atoms with Crippen LogP contribution in [0, 0.1) is 0 Å². The largest absolute Gasteiger partial charge is 0.378 e. The highest BCUT2D eigenvalue weighted by Crippen LogP contribution is 1.92. The van der Waals surface area contributed by atoms with Gasteiger partial charge in [0.05, 0.1) is 31.8 Å². The van der Waals surface area contributed by atoms with Crippen LogP contribution in [-0.4, -0.2) is 75.7 Å². The van der Waals surface area contributed by atoms with Gasteiger partial charge in [0.2, 0.25) is 17.7 Å². The maximum Gasteiger partial charge on any atom is 0.243 e. The Balaban J connectivity index is 0. The van der Waals surface area contributed by atoms with Crippen LogP contribution in [0.2, 0.25) is 0 Å². The second-order valence-electron chi connectivity index (χ2n) is 5.55. The van der Waals surface area contributed by atoms with E-state index in [9.17, 15) is 14.4 Å². The average Bonchev–Trinajstić information content (AvgIpc) is 2.74. The lowest BCUT2D eigenvalue weighted by atomic mass is 10.2. The summed E-state index contributed by atoms with van der Waals surface area (Å²) in [7, 11) is 0. The molecule has 0 fully saturated rings. The molecule has 0 spiro atoms. The highest BCUT2D eigenvalue weighted by Gasteiger charge is 1.97. The van der Waals surface area contributed by atoms with E-state index in [4.69, 9.17) is 15.2 Å². The molecule has 0 aliphatic carbocycles. The fraction of sp³-hybridized carbons (Fsp3) is 0.632. The number of hydrogen-bond acceptors (Lipinski definition) is 6. The Morgan fingerprint density at radius 2 is 1.31 bits per heavy atom. The normalized spacial score (nSPS) is 9.59. The lowest BCUT2D eigenvalue weighted by Crippen LogP contribution is -2.25. The van der Waals surface area contributed by atoms with Crippen LogP contribution in [0.5, 0.6) is 0 Å². The lowest BCUT2D eigenvalue weighted by molar-refractivity contribution is -0.118. The van der Waals surface area contributed by atoms with E-state index in [1.165, 1.54) is 12.2 Å². The zero-order chi connectivity index (χ0) is 22.2. The average molecular weight is 479 g/mol. The number of carbonyl (C=O) groups is 3. The van der Waals surface area contributed by atoms with Gasteiger partial charge in [0, 0.05) is 26.2 Å². The minimum atomic E-state index is -0.187. The number of nitrogens with one attached hydrogen (secondary N) is 3. The van der Waals surface area contributed by atoms with Crippen LogP contribution in [0.4, 0.5) is 0 Å². The van der Waals surface area contributed by atoms with Gasteiger partial charge in [0.1, 0.15) is 0 Å². The summed E-state index contributed by atoms with van der Waals surface area (Å²) < 4.78 is 10.2. The maximum atomic E-state index is 10.8. The Bertz CT molecular complexity index is 464. The zero-order valence-electron chi connectivity index (χ0n) is 17.1. The fourth-order valence-corrected chi connectivity index (χ4v) is 1.91. The van der Waals surface area contributed by atoms with Crippen LogP contribution in [0.3, 0.4) is 0 Å². The molecule has 0 saturated carbocycles. The predicted molar refractivity (Wildman–Crippen MR) is 118 cm³/mol. The first-order valence-electron chi connectivity index (χ1n) is 9.50. The summed E-state index contributed by atoms with van der Waals surface area (Å²) in [5, 5.41) is 8.39. The number of unbranched alkanes of at least 4 members (excludes halogenated alkanes) is 2. The number of ether oxygens (including phenoxy) is 2. The van der Waals surface area contributed by atoms with Gasteiger partial charge >= 0.3 is 0 Å². The van der Waals surface area contributed by atoms with Gasteiger partial charge in [0.25, 0.3) is 0 Å². The highest BCUT2D eigenvalue weighted by molar-refractivity contribution is 9.09. The third-order valence-electron chi connectivity index (χ3n) is 3.15. The Hall–Kier alpha value is -1.75. The van der Waals surface area contributed by atoms with Crippen molar-refractivity contribution >= 4 is 33.7 Å². The van der Waals surface area contributed by atoms with Crippen LogP contribution in [0.15, 0.2) is 25.3 Å². The van der Waals surface area contributed by atoms with Gasteiger partial charge in [-0.2, -0.15) is 0 Å². The second-order valence-corrected chi connectivity index (χ2v) is 6.11. The topological polar surface area (TPSA) is 132 Å². The molecule has 0 aliphatic rings. The van der Waals surface area contributed by atoms with Gasteiger partial charge in [-0.15, -0.1) is 0 Å². The first-order chi connectivity index (χ1) is 14.0. The molecule has 0 bridgehead atoms. The maximum absolute atomic E-state index is 10.8. The van der Waals surface area contributed by atoms with Gasteiger partial charge in [-0.1, -0.05) is 29.1 Å². The van der Waals surface area contributed by atoms with E-state index in [0.717, 1.165) is 19.3 Å². The molecule has 0 rings (SSSR count). The molecule has 0 heterocycles. The van der Waals surface area contributed by atoms with Crippen molar-refractivity contribution < 1.29 is 23.9 Å². The summed E-state index contributed by atoms with van der Waals surface area (Å²) in [4.78, 5) is 32.2. The number of amides is 3. The summed E-state index contributed by atoms with van der Waals surface area (Å²) in [6, 6.07) is 0. The minimum absolute atomic E-state index is 0.00922. The Kier molecular flexibility index (Phi) is 24.7. The highest BCUT2D eigenvalue weighted by atomic mass is 79.9. The SMILES string of the molecule is C=CC(=O)NCCCCCNC(=O)CBr.C=CC(=O)NCCOCCOCCN. The number of alkyl halides is 1. The summed E-state index contributed by atoms with van der Waals surface area (Å²) in [6.45, 7) is 11.1. The van der Waals surface area contributed by atoms with Crippen molar-refractivity contribution in [1.29, 1.82) is 0 Å². The van der Waals surface area contributed by atoms with E-state index in [-0.39, 0.29) is 17.7 Å². The molecule has 29 heavy (non-hydrogen) atoms. The van der Waals surface area contributed by atoms with Gasteiger partial charge in [-0.05, 0) is 31.4 Å². The first-order valence-corrected chi connectivity index (χ1v) is 10.6. The van der Waals surface area contributed by atoms with Crippen LogP contribution in [0.1, 0.15) is 19.3 Å². The van der Waals surface area contributed by atoms with Crippen LogP contribution < -0.4 is 21.7 Å². The standard InChI is InChI=1S/C10H17BrN2O2.C9H18N2O3/c1-2-9(14)12-6-4-3-5-7-13-10(15)8-11;1-2-9(12)11-4-6-14-8-7-13-5-3-10/h2H,1,3-8H2,(H,12,14)(H,13,15);2H,1,3-8,10H2,(H,11,12). The lowest BCUT2D eigenvalue weighted by Gasteiger charge is -2.05. The predicted octanol–water partition coefficient (Wildman–Crippen LogP) is 0.251. The number of nitrogens with two attached hydrogens (primary N) is 1. The first kappa shape index (κ1) is 29.5. The van der Waals surface area contributed by atoms with Gasteiger partial charge in [-0.25, -0.2) is 0 Å². The summed E-state index contributed by atoms with van der Waals surface area (Å²) in [5.41, 5.74) is 5.22. The molecule has 10 heteroatoms. The molecular formula is C19H35BrN4O5. The Morgan fingerprint density at radius 3 is 1.83 bits per heavy atom. The van der Waals surface area contributed by atoms with E-state index in [0.29, 0.717) is 57.9 Å². The van der Waals surface area contributed by atoms with Crippen molar-refractivity contribution in [3.05, 3.63) is 25.3 Å². The molecule has 3 amide bonds. The molecule has 0 saturated heterocycles. The number of carbonyl (C=O) groups excluding carboxylic acids is 3.